The molecule has 0 radical (unpaired) electrons. The van der Waals surface area contributed by atoms with Gasteiger partial charge in [-0.2, -0.15) is 0 Å². The Kier molecular flexibility index (Phi) is 3.75. The number of aromatic carboxylic acids is 1. The molecule has 0 spiro atoms. The number of hydrogen-bond acceptors (Lipinski definition) is 4. The molecule has 2 heterocycles. The van der Waals surface area contributed by atoms with E-state index in [2.05, 4.69) is 4.98 Å². The highest BCUT2D eigenvalue weighted by Crippen LogP contribution is 2.26. The topological polar surface area (TPSA) is 62.7 Å². The van der Waals surface area contributed by atoms with Crippen LogP contribution < -0.4 is 4.90 Å². The van der Waals surface area contributed by atoms with Gasteiger partial charge in [-0.15, -0.1) is 0 Å². The Morgan fingerprint density at radius 1 is 1.43 bits per heavy atom. The average Bonchev–Trinajstić information content (AvgIpc) is 2.53. The van der Waals surface area contributed by atoms with Gasteiger partial charge in [-0.25, -0.2) is 9.78 Å². The van der Waals surface area contributed by atoms with Crippen molar-refractivity contribution in [2.45, 2.75) is 18.9 Å². The number of benzene rings is 1. The fourth-order valence-corrected chi connectivity index (χ4v) is 2.83. The molecular weight excluding hydrogens is 268 g/mol. The SMILES string of the molecule is COC1CCCN(c2nc3ccccc3cc2C(=O)O)C1. The van der Waals surface area contributed by atoms with Gasteiger partial charge in [0.1, 0.15) is 11.4 Å². The predicted molar refractivity (Wildman–Crippen MR) is 80.9 cm³/mol. The highest BCUT2D eigenvalue weighted by Gasteiger charge is 2.25. The molecular formula is C16H18N2O3. The molecule has 5 heteroatoms. The fourth-order valence-electron chi connectivity index (χ4n) is 2.83. The first-order chi connectivity index (χ1) is 10.2. The van der Waals surface area contributed by atoms with Gasteiger partial charge in [0.2, 0.25) is 0 Å². The number of ether oxygens (including phenoxy) is 1. The molecule has 0 aliphatic carbocycles. The second-order valence-corrected chi connectivity index (χ2v) is 5.30. The summed E-state index contributed by atoms with van der Waals surface area (Å²) in [5.74, 6) is -0.397. The van der Waals surface area contributed by atoms with Crippen molar-refractivity contribution in [1.29, 1.82) is 0 Å². The number of hydrogen-bond donors (Lipinski definition) is 1. The van der Waals surface area contributed by atoms with Gasteiger partial charge < -0.3 is 14.7 Å². The molecule has 0 saturated carbocycles. The van der Waals surface area contributed by atoms with E-state index in [-0.39, 0.29) is 11.7 Å². The van der Waals surface area contributed by atoms with Crippen LogP contribution in [-0.4, -0.2) is 42.4 Å². The second-order valence-electron chi connectivity index (χ2n) is 5.30. The minimum atomic E-state index is -0.942. The van der Waals surface area contributed by atoms with Crippen LogP contribution in [0.4, 0.5) is 5.82 Å². The van der Waals surface area contributed by atoms with E-state index in [1.165, 1.54) is 0 Å². The Hall–Kier alpha value is -2.14. The predicted octanol–water partition coefficient (Wildman–Crippen LogP) is 2.55. The van der Waals surface area contributed by atoms with E-state index in [4.69, 9.17) is 4.74 Å². The van der Waals surface area contributed by atoms with Gasteiger partial charge in [0.25, 0.3) is 0 Å². The second kappa shape index (κ2) is 5.69. The summed E-state index contributed by atoms with van der Waals surface area (Å²) in [6, 6.07) is 9.29. The molecule has 1 aromatic heterocycles. The molecule has 0 amide bonds. The molecule has 1 aliphatic heterocycles. The summed E-state index contributed by atoms with van der Waals surface area (Å²) in [5, 5.41) is 10.3. The van der Waals surface area contributed by atoms with Crippen molar-refractivity contribution in [3.63, 3.8) is 0 Å². The standard InChI is InChI=1S/C16H18N2O3/c1-21-12-6-4-8-18(10-12)15-13(16(19)20)9-11-5-2-3-7-14(11)17-15/h2-3,5,7,9,12H,4,6,8,10H2,1H3,(H,19,20). The van der Waals surface area contributed by atoms with Crippen LogP contribution in [0.3, 0.4) is 0 Å². The van der Waals surface area contributed by atoms with Crippen LogP contribution in [0.2, 0.25) is 0 Å². The minimum absolute atomic E-state index is 0.133. The summed E-state index contributed by atoms with van der Waals surface area (Å²) < 4.78 is 5.41. The zero-order chi connectivity index (χ0) is 14.8. The van der Waals surface area contributed by atoms with Crippen LogP contribution in [0.15, 0.2) is 30.3 Å². The van der Waals surface area contributed by atoms with Gasteiger partial charge in [0.15, 0.2) is 0 Å². The monoisotopic (exact) mass is 286 g/mol. The van der Waals surface area contributed by atoms with E-state index in [0.29, 0.717) is 12.4 Å². The lowest BCUT2D eigenvalue weighted by atomic mass is 10.1. The summed E-state index contributed by atoms with van der Waals surface area (Å²) in [6.45, 7) is 1.49. The first-order valence-corrected chi connectivity index (χ1v) is 7.10. The van der Waals surface area contributed by atoms with Crippen molar-refractivity contribution < 1.29 is 14.6 Å². The number of rotatable bonds is 3. The Morgan fingerprint density at radius 3 is 3.00 bits per heavy atom. The number of nitrogens with zero attached hydrogens (tertiary/aromatic N) is 2. The summed E-state index contributed by atoms with van der Waals surface area (Å²) in [4.78, 5) is 18.2. The van der Waals surface area contributed by atoms with Crippen LogP contribution in [0, 0.1) is 0 Å². The van der Waals surface area contributed by atoms with Crippen LogP contribution in [0.5, 0.6) is 0 Å². The number of carbonyl (C=O) groups is 1. The van der Waals surface area contributed by atoms with Gasteiger partial charge in [0.05, 0.1) is 11.6 Å². The Morgan fingerprint density at radius 2 is 2.24 bits per heavy atom. The Labute approximate surface area is 123 Å². The number of aromatic nitrogens is 1. The normalized spacial score (nSPS) is 18.9. The van der Waals surface area contributed by atoms with Gasteiger partial charge in [-0.1, -0.05) is 18.2 Å². The average molecular weight is 286 g/mol. The van der Waals surface area contributed by atoms with Gasteiger partial charge in [0, 0.05) is 25.6 Å². The molecule has 1 unspecified atom stereocenters. The zero-order valence-electron chi connectivity index (χ0n) is 12.0. The van der Waals surface area contributed by atoms with E-state index in [9.17, 15) is 9.90 Å². The highest BCUT2D eigenvalue weighted by atomic mass is 16.5. The molecule has 1 atom stereocenters. The van der Waals surface area contributed by atoms with Crippen molar-refractivity contribution in [2.24, 2.45) is 0 Å². The van der Waals surface area contributed by atoms with Crippen LogP contribution in [0.1, 0.15) is 23.2 Å². The molecule has 2 aromatic rings. The first-order valence-electron chi connectivity index (χ1n) is 7.10. The van der Waals surface area contributed by atoms with Crippen molar-refractivity contribution in [1.82, 2.24) is 4.98 Å². The lowest BCUT2D eigenvalue weighted by molar-refractivity contribution is 0.0694. The number of anilines is 1. The third kappa shape index (κ3) is 2.69. The smallest absolute Gasteiger partial charge is 0.339 e. The molecule has 1 aliphatic rings. The van der Waals surface area contributed by atoms with Crippen LogP contribution in [0.25, 0.3) is 10.9 Å². The molecule has 5 nitrogen and oxygen atoms in total. The lowest BCUT2D eigenvalue weighted by Gasteiger charge is -2.33. The Bertz CT molecular complexity index is 672. The van der Waals surface area contributed by atoms with Crippen molar-refractivity contribution in [3.8, 4) is 0 Å². The quantitative estimate of drug-likeness (QED) is 0.939. The molecule has 110 valence electrons. The van der Waals surface area contributed by atoms with Gasteiger partial charge >= 0.3 is 5.97 Å². The van der Waals surface area contributed by atoms with Gasteiger partial charge in [-0.3, -0.25) is 0 Å². The molecule has 1 saturated heterocycles. The number of fused-ring (bicyclic) bond motifs is 1. The number of carboxylic acids is 1. The van der Waals surface area contributed by atoms with Crippen molar-refractivity contribution in [3.05, 3.63) is 35.9 Å². The van der Waals surface area contributed by atoms with E-state index in [1.54, 1.807) is 13.2 Å². The minimum Gasteiger partial charge on any atom is -0.478 e. The van der Waals surface area contributed by atoms with Crippen LogP contribution >= 0.6 is 0 Å². The van der Waals surface area contributed by atoms with Crippen LogP contribution in [-0.2, 0) is 4.74 Å². The largest absolute Gasteiger partial charge is 0.478 e. The highest BCUT2D eigenvalue weighted by molar-refractivity contribution is 5.98. The maximum absolute atomic E-state index is 11.6. The lowest BCUT2D eigenvalue weighted by Crippen LogP contribution is -2.40. The third-order valence-corrected chi connectivity index (χ3v) is 3.95. The fraction of sp³-hybridized carbons (Fsp3) is 0.375. The molecule has 1 fully saturated rings. The van der Waals surface area contributed by atoms with E-state index < -0.39 is 5.97 Å². The summed E-state index contributed by atoms with van der Waals surface area (Å²) >= 11 is 0. The molecule has 0 bridgehead atoms. The Balaban J connectivity index is 2.07. The van der Waals surface area contributed by atoms with E-state index >= 15 is 0 Å². The maximum Gasteiger partial charge on any atom is 0.339 e. The number of carboxylic acid groups (broad SMARTS) is 1. The maximum atomic E-state index is 11.6. The van der Waals surface area contributed by atoms with Crippen molar-refractivity contribution in [2.75, 3.05) is 25.1 Å². The summed E-state index contributed by atoms with van der Waals surface area (Å²) in [5.41, 5.74) is 1.07. The van der Waals surface area contributed by atoms with E-state index in [1.807, 2.05) is 29.2 Å². The molecule has 1 N–H and O–H groups in total. The zero-order valence-corrected chi connectivity index (χ0v) is 12.0. The number of para-hydroxylation sites is 1. The van der Waals surface area contributed by atoms with E-state index in [0.717, 1.165) is 30.3 Å². The third-order valence-electron chi connectivity index (χ3n) is 3.95. The molecule has 3 rings (SSSR count). The number of pyridine rings is 1. The first kappa shape index (κ1) is 13.8. The number of methoxy groups -OCH3 is 1. The summed E-state index contributed by atoms with van der Waals surface area (Å²) in [6.07, 6.45) is 2.11. The summed E-state index contributed by atoms with van der Waals surface area (Å²) in [7, 11) is 1.69. The van der Waals surface area contributed by atoms with Gasteiger partial charge in [-0.05, 0) is 25.0 Å². The van der Waals surface area contributed by atoms with Crippen molar-refractivity contribution >= 4 is 22.7 Å². The molecule has 21 heavy (non-hydrogen) atoms. The molecule has 1 aromatic carbocycles. The number of piperidine rings is 1.